The van der Waals surface area contributed by atoms with Crippen molar-refractivity contribution in [3.63, 3.8) is 0 Å². The van der Waals surface area contributed by atoms with E-state index >= 15 is 0 Å². The number of halogens is 2. The van der Waals surface area contributed by atoms with Crippen molar-refractivity contribution in [1.82, 2.24) is 0 Å². The van der Waals surface area contributed by atoms with Crippen LogP contribution in [-0.4, -0.2) is 62.4 Å². The molecule has 8 heteroatoms. The third kappa shape index (κ3) is 16.8. The van der Waals surface area contributed by atoms with Crippen LogP contribution in [0.15, 0.2) is 12.1 Å². The molecule has 6 atom stereocenters. The minimum atomic E-state index is -1.40. The molecule has 262 valence electrons. The number of aliphatic hydroxyl groups is 3. The number of phenolic OH excluding ortho intramolecular Hbond substituents is 1. The number of benzene rings is 1. The molecule has 0 aliphatic carbocycles. The summed E-state index contributed by atoms with van der Waals surface area (Å²) in [5.74, 6) is 0.642. The van der Waals surface area contributed by atoms with Crippen molar-refractivity contribution in [2.24, 2.45) is 0 Å². The molecule has 4 N–H and O–H groups in total. The maximum Gasteiger partial charge on any atom is 0.228 e. The van der Waals surface area contributed by atoms with E-state index in [9.17, 15) is 20.4 Å². The van der Waals surface area contributed by atoms with Gasteiger partial charge < -0.3 is 29.9 Å². The van der Waals surface area contributed by atoms with Gasteiger partial charge in [-0.05, 0) is 69.1 Å². The van der Waals surface area contributed by atoms with Crippen molar-refractivity contribution in [3.8, 4) is 11.5 Å². The Labute approximate surface area is 284 Å². The fraction of sp³-hybridized carbons (Fsp3) is 0.838. The fourth-order valence-corrected chi connectivity index (χ4v) is 6.76. The fourth-order valence-electron chi connectivity index (χ4n) is 6.14. The van der Waals surface area contributed by atoms with E-state index in [1.54, 1.807) is 0 Å². The molecule has 45 heavy (non-hydrogen) atoms. The molecule has 1 aromatic rings. The van der Waals surface area contributed by atoms with E-state index in [0.717, 1.165) is 76.2 Å². The molecule has 1 aromatic carbocycles. The number of aliphatic hydroxyl groups excluding tert-OH is 3. The second kappa shape index (κ2) is 24.4. The Bertz CT molecular complexity index is 887. The van der Waals surface area contributed by atoms with Gasteiger partial charge in [-0.3, -0.25) is 0 Å². The summed E-state index contributed by atoms with van der Waals surface area (Å²) >= 11 is 13.1. The smallest absolute Gasteiger partial charge is 0.228 e. The van der Waals surface area contributed by atoms with Crippen LogP contribution in [0.25, 0.3) is 0 Å². The highest BCUT2D eigenvalue weighted by molar-refractivity contribution is 6.20. The first-order valence-electron chi connectivity index (χ1n) is 18.2. The lowest BCUT2D eigenvalue weighted by molar-refractivity contribution is -0.242. The van der Waals surface area contributed by atoms with E-state index in [2.05, 4.69) is 13.8 Å². The molecule has 0 bridgehead atoms. The largest absolute Gasteiger partial charge is 0.508 e. The van der Waals surface area contributed by atoms with Gasteiger partial charge in [-0.2, -0.15) is 0 Å². The van der Waals surface area contributed by atoms with Crippen molar-refractivity contribution in [3.05, 3.63) is 23.3 Å². The van der Waals surface area contributed by atoms with E-state index < -0.39 is 24.6 Å². The number of rotatable bonds is 26. The Morgan fingerprint density at radius 3 is 1.76 bits per heavy atom. The summed E-state index contributed by atoms with van der Waals surface area (Å²) in [5.41, 5.74) is 1.64. The van der Waals surface area contributed by atoms with Gasteiger partial charge in [-0.25, -0.2) is 0 Å². The van der Waals surface area contributed by atoms with Crippen LogP contribution < -0.4 is 4.74 Å². The zero-order chi connectivity index (χ0) is 32.9. The second-order valence-electron chi connectivity index (χ2n) is 13.3. The molecule has 0 spiro atoms. The Morgan fingerprint density at radius 2 is 1.18 bits per heavy atom. The van der Waals surface area contributed by atoms with E-state index in [4.69, 9.17) is 32.7 Å². The van der Waals surface area contributed by atoms with Gasteiger partial charge in [-0.15, -0.1) is 23.2 Å². The molecule has 2 unspecified atom stereocenters. The van der Waals surface area contributed by atoms with Crippen molar-refractivity contribution in [1.29, 1.82) is 0 Å². The molecule has 0 amide bonds. The second-order valence-corrected chi connectivity index (χ2v) is 14.5. The summed E-state index contributed by atoms with van der Waals surface area (Å²) in [6.45, 7) is 4.32. The predicted octanol–water partition coefficient (Wildman–Crippen LogP) is 9.35. The molecular formula is C37H64Cl2O6. The summed E-state index contributed by atoms with van der Waals surface area (Å²) in [7, 11) is 0. The third-order valence-corrected chi connectivity index (χ3v) is 9.98. The molecule has 6 nitrogen and oxygen atoms in total. The minimum absolute atomic E-state index is 0.137. The molecule has 0 radical (unpaired) electrons. The number of aromatic hydroxyl groups is 1. The van der Waals surface area contributed by atoms with Crippen LogP contribution in [0.4, 0.5) is 0 Å². The van der Waals surface area contributed by atoms with Gasteiger partial charge in [0.05, 0.1) is 6.61 Å². The van der Waals surface area contributed by atoms with Crippen LogP contribution >= 0.6 is 23.2 Å². The standard InChI is InChI=1S/C37H64Cl2O6/c1-3-5-7-9-10-15-21-30(39)22-16-11-13-19-28-25-32(40)31(24-18-12-17-23-29(38)20-14-8-6-4-2)34(26-28)45-37-36(43)35(42)33(41)27-44-37/h25-26,29-30,33,35-37,40-43H,3-24,27H2,1-2H3/t29?,30?,33-,35+,36-,37+/m1/s1. The van der Waals surface area contributed by atoms with Gasteiger partial charge in [0, 0.05) is 16.3 Å². The van der Waals surface area contributed by atoms with Crippen LogP contribution in [0.5, 0.6) is 11.5 Å². The first-order valence-corrected chi connectivity index (χ1v) is 19.1. The highest BCUT2D eigenvalue weighted by Gasteiger charge is 2.39. The molecule has 0 saturated carbocycles. The van der Waals surface area contributed by atoms with Crippen LogP contribution in [-0.2, 0) is 17.6 Å². The molecule has 1 aliphatic rings. The molecular weight excluding hydrogens is 611 g/mol. The number of ether oxygens (including phenoxy) is 2. The SMILES string of the molecule is CCCCCCCCC(Cl)CCCCCc1cc(O)c(CCCCCC(Cl)CCCCCC)c(O[C@@H]2OC[C@@H](O)[C@H](O)[C@H]2O)c1. The van der Waals surface area contributed by atoms with Crippen LogP contribution in [0.3, 0.4) is 0 Å². The van der Waals surface area contributed by atoms with Gasteiger partial charge in [0.25, 0.3) is 0 Å². The normalized spacial score (nSPS) is 21.6. The summed E-state index contributed by atoms with van der Waals surface area (Å²) in [5, 5.41) is 42.0. The van der Waals surface area contributed by atoms with Crippen molar-refractivity contribution >= 4 is 23.2 Å². The molecule has 1 fully saturated rings. The average Bonchev–Trinajstić information content (AvgIpc) is 3.02. The third-order valence-electron chi connectivity index (χ3n) is 9.11. The topological polar surface area (TPSA) is 99.4 Å². The maximum absolute atomic E-state index is 11.1. The van der Waals surface area contributed by atoms with Gasteiger partial charge >= 0.3 is 0 Å². The zero-order valence-corrected chi connectivity index (χ0v) is 29.8. The lowest BCUT2D eigenvalue weighted by Crippen LogP contribution is -2.54. The number of phenols is 1. The molecule has 1 heterocycles. The Balaban J connectivity index is 1.87. The highest BCUT2D eigenvalue weighted by atomic mass is 35.5. The number of aryl methyl sites for hydroxylation is 1. The van der Waals surface area contributed by atoms with Crippen LogP contribution in [0, 0.1) is 0 Å². The van der Waals surface area contributed by atoms with Gasteiger partial charge in [-0.1, -0.05) is 104 Å². The monoisotopic (exact) mass is 674 g/mol. The van der Waals surface area contributed by atoms with Crippen molar-refractivity contribution < 1.29 is 29.9 Å². The van der Waals surface area contributed by atoms with Gasteiger partial charge in [0.2, 0.25) is 6.29 Å². The van der Waals surface area contributed by atoms with E-state index in [-0.39, 0.29) is 23.1 Å². The first-order chi connectivity index (χ1) is 21.8. The summed E-state index contributed by atoms with van der Waals surface area (Å²) in [4.78, 5) is 0. The quantitative estimate of drug-likeness (QED) is 0.0577. The molecule has 1 saturated heterocycles. The van der Waals surface area contributed by atoms with Crippen molar-refractivity contribution in [2.45, 2.75) is 190 Å². The molecule has 0 aromatic heterocycles. The Kier molecular flexibility index (Phi) is 21.9. The summed E-state index contributed by atoms with van der Waals surface area (Å²) < 4.78 is 11.6. The first kappa shape index (κ1) is 40.4. The number of unbranched alkanes of at least 4 members (excludes halogenated alkanes) is 12. The summed E-state index contributed by atoms with van der Waals surface area (Å²) in [6, 6.07) is 3.75. The average molecular weight is 676 g/mol. The molecule has 1 aliphatic heterocycles. The summed E-state index contributed by atoms with van der Waals surface area (Å²) in [6.07, 6.45) is 19.3. The Morgan fingerprint density at radius 1 is 0.689 bits per heavy atom. The molecule has 2 rings (SSSR count). The minimum Gasteiger partial charge on any atom is -0.508 e. The number of alkyl halides is 2. The van der Waals surface area contributed by atoms with Gasteiger partial charge in [0.1, 0.15) is 29.8 Å². The van der Waals surface area contributed by atoms with Gasteiger partial charge in [0.15, 0.2) is 0 Å². The van der Waals surface area contributed by atoms with Crippen LogP contribution in [0.1, 0.15) is 153 Å². The number of hydrogen-bond acceptors (Lipinski definition) is 6. The zero-order valence-electron chi connectivity index (χ0n) is 28.2. The van der Waals surface area contributed by atoms with E-state index in [0.29, 0.717) is 17.7 Å². The lowest BCUT2D eigenvalue weighted by atomic mass is 9.98. The number of hydrogen-bond donors (Lipinski definition) is 4. The van der Waals surface area contributed by atoms with Crippen LogP contribution in [0.2, 0.25) is 0 Å². The van der Waals surface area contributed by atoms with Crippen molar-refractivity contribution in [2.75, 3.05) is 6.61 Å². The predicted molar refractivity (Wildman–Crippen MR) is 187 cm³/mol. The Hall–Kier alpha value is -0.760. The highest BCUT2D eigenvalue weighted by Crippen LogP contribution is 2.34. The van der Waals surface area contributed by atoms with E-state index in [1.165, 1.54) is 64.2 Å². The van der Waals surface area contributed by atoms with E-state index in [1.807, 2.05) is 12.1 Å². The maximum atomic E-state index is 11.1. The lowest BCUT2D eigenvalue weighted by Gasteiger charge is -2.35.